The van der Waals surface area contributed by atoms with Gasteiger partial charge in [-0.2, -0.15) is 0 Å². The van der Waals surface area contributed by atoms with Crippen molar-refractivity contribution in [1.29, 1.82) is 0 Å². The number of likely N-dealkylation sites (tertiary alicyclic amines) is 1. The van der Waals surface area contributed by atoms with Crippen LogP contribution < -0.4 is 10.1 Å². The first-order chi connectivity index (χ1) is 21.3. The summed E-state index contributed by atoms with van der Waals surface area (Å²) in [4.78, 5) is 31.3. The number of nitrogens with one attached hydrogen (secondary N) is 1. The van der Waals surface area contributed by atoms with E-state index in [-0.39, 0.29) is 11.7 Å². The van der Waals surface area contributed by atoms with Gasteiger partial charge in [0.05, 0.1) is 24.7 Å². The average Bonchev–Trinajstić information content (AvgIpc) is 3.48. The molecule has 3 aromatic rings. The third-order valence-electron chi connectivity index (χ3n) is 9.24. The summed E-state index contributed by atoms with van der Waals surface area (Å²) in [6.45, 7) is 6.61. The van der Waals surface area contributed by atoms with Crippen molar-refractivity contribution in [2.24, 2.45) is 5.92 Å². The predicted octanol–water partition coefficient (Wildman–Crippen LogP) is 6.63. The maximum Gasteiger partial charge on any atom is 0.253 e. The van der Waals surface area contributed by atoms with Crippen LogP contribution in [0.5, 0.6) is 5.75 Å². The lowest BCUT2D eigenvalue weighted by Crippen LogP contribution is -2.54. The van der Waals surface area contributed by atoms with E-state index in [0.29, 0.717) is 52.3 Å². The average molecular weight is 636 g/mol. The van der Waals surface area contributed by atoms with E-state index in [9.17, 15) is 9.59 Å². The first kappa shape index (κ1) is 30.9. The molecule has 1 N–H and O–H groups in total. The van der Waals surface area contributed by atoms with E-state index in [4.69, 9.17) is 27.9 Å². The highest BCUT2D eigenvalue weighted by molar-refractivity contribution is 6.35. The molecule has 1 amide bonds. The Kier molecular flexibility index (Phi) is 9.48. The summed E-state index contributed by atoms with van der Waals surface area (Å²) in [5, 5.41) is 5.05. The second-order valence-electron chi connectivity index (χ2n) is 12.4. The topological polar surface area (TPSA) is 66.8 Å². The minimum absolute atomic E-state index is 0.0497. The number of piperazine rings is 1. The summed E-state index contributed by atoms with van der Waals surface area (Å²) in [6.07, 6.45) is 12.7. The molecule has 3 unspecified atom stereocenters. The number of benzene rings is 2. The molecule has 44 heavy (non-hydrogen) atoms. The van der Waals surface area contributed by atoms with Crippen LogP contribution in [0.1, 0.15) is 53.3 Å². The van der Waals surface area contributed by atoms with Gasteiger partial charge in [-0.3, -0.25) is 19.4 Å². The number of amides is 1. The maximum absolute atomic E-state index is 13.4. The smallest absolute Gasteiger partial charge is 0.253 e. The molecule has 0 spiro atoms. The predicted molar refractivity (Wildman–Crippen MR) is 177 cm³/mol. The normalized spacial score (nSPS) is 21.9. The van der Waals surface area contributed by atoms with Crippen LogP contribution >= 0.6 is 23.2 Å². The van der Waals surface area contributed by atoms with Crippen molar-refractivity contribution >= 4 is 45.8 Å². The van der Waals surface area contributed by atoms with Gasteiger partial charge in [0.2, 0.25) is 0 Å². The lowest BCUT2D eigenvalue weighted by atomic mass is 9.97. The Labute approximate surface area is 269 Å². The van der Waals surface area contributed by atoms with Crippen LogP contribution in [0.3, 0.4) is 0 Å². The molecule has 0 radical (unpaired) electrons. The summed E-state index contributed by atoms with van der Waals surface area (Å²) in [5.74, 6) is 1.09. The molecular weight excluding hydrogens is 595 g/mol. The van der Waals surface area contributed by atoms with Crippen molar-refractivity contribution in [3.63, 3.8) is 0 Å². The molecule has 232 valence electrons. The minimum atomic E-state index is -0.0497. The van der Waals surface area contributed by atoms with Crippen LogP contribution in [0.15, 0.2) is 66.4 Å². The molecular formula is C35H40Cl2N4O3. The number of halogens is 2. The zero-order chi connectivity index (χ0) is 30.8. The van der Waals surface area contributed by atoms with Gasteiger partial charge in [-0.1, -0.05) is 59.1 Å². The van der Waals surface area contributed by atoms with Gasteiger partial charge in [-0.05, 0) is 62.8 Å². The second kappa shape index (κ2) is 13.5. The quantitative estimate of drug-likeness (QED) is 0.240. The van der Waals surface area contributed by atoms with Gasteiger partial charge in [-0.15, -0.1) is 0 Å². The van der Waals surface area contributed by atoms with Crippen LogP contribution in [0.4, 0.5) is 0 Å². The van der Waals surface area contributed by atoms with E-state index >= 15 is 0 Å². The molecule has 3 aliphatic rings. The highest BCUT2D eigenvalue weighted by Crippen LogP contribution is 2.33. The van der Waals surface area contributed by atoms with Crippen LogP contribution in [-0.2, 0) is 6.54 Å². The molecule has 3 heterocycles. The van der Waals surface area contributed by atoms with Crippen molar-refractivity contribution in [3.05, 3.63) is 87.6 Å². The molecule has 2 saturated heterocycles. The Balaban J connectivity index is 1.08. The molecule has 3 atom stereocenters. The number of Topliss-reactive ketones (excluding diaryl/α,β-unsaturated/α-hetero) is 1. The van der Waals surface area contributed by atoms with Crippen molar-refractivity contribution in [3.8, 4) is 5.75 Å². The highest BCUT2D eigenvalue weighted by atomic mass is 35.5. The summed E-state index contributed by atoms with van der Waals surface area (Å²) in [5.41, 5.74) is 3.45. The SMILES string of the molecule is COc1cccc2c(C(=O)NCC3C=C(C)C=CC3)cn(CCCN3C4CCC3CN(CC(=O)c3cc(Cl)cc(Cl)c3)C4)c12. The molecule has 0 saturated carbocycles. The van der Waals surface area contributed by atoms with Crippen molar-refractivity contribution in [2.45, 2.75) is 51.2 Å². The fraction of sp³-hybridized carbons (Fsp3) is 0.429. The van der Waals surface area contributed by atoms with Gasteiger partial charge < -0.3 is 14.6 Å². The number of methoxy groups -OCH3 is 1. The van der Waals surface area contributed by atoms with Crippen LogP contribution in [0, 0.1) is 5.92 Å². The Morgan fingerprint density at radius 2 is 1.80 bits per heavy atom. The number of fused-ring (bicyclic) bond motifs is 3. The van der Waals surface area contributed by atoms with E-state index in [1.807, 2.05) is 24.4 Å². The van der Waals surface area contributed by atoms with Crippen molar-refractivity contribution in [2.75, 3.05) is 39.8 Å². The van der Waals surface area contributed by atoms with E-state index in [1.165, 1.54) is 5.57 Å². The summed E-state index contributed by atoms with van der Waals surface area (Å²) in [7, 11) is 1.68. The van der Waals surface area contributed by atoms with Gasteiger partial charge in [0.1, 0.15) is 5.75 Å². The molecule has 2 aromatic carbocycles. The Morgan fingerprint density at radius 3 is 2.50 bits per heavy atom. The van der Waals surface area contributed by atoms with Crippen molar-refractivity contribution < 1.29 is 14.3 Å². The monoisotopic (exact) mass is 634 g/mol. The van der Waals surface area contributed by atoms with Crippen LogP contribution in [-0.4, -0.2) is 78.0 Å². The standard InChI is InChI=1S/C35H40Cl2N4O3/c1-23-6-3-7-24(14-23)18-38-35(43)31-21-40(34-30(31)8-4-9-33(34)44-2)12-5-13-41-28-10-11-29(41)20-39(19-28)22-32(42)25-15-26(36)17-27(37)16-25/h3-4,6,8-9,14-17,21,24,28-29H,5,7,10-13,18-20,22H2,1-2H3,(H,38,43). The maximum atomic E-state index is 13.4. The van der Waals surface area contributed by atoms with Gasteiger partial charge >= 0.3 is 0 Å². The fourth-order valence-electron chi connectivity index (χ4n) is 7.24. The minimum Gasteiger partial charge on any atom is -0.495 e. The van der Waals surface area contributed by atoms with E-state index in [1.54, 1.807) is 25.3 Å². The number of hydrogen-bond acceptors (Lipinski definition) is 5. The Bertz CT molecular complexity index is 1580. The molecule has 7 nitrogen and oxygen atoms in total. The molecule has 1 aliphatic carbocycles. The van der Waals surface area contributed by atoms with Gasteiger partial charge in [0.15, 0.2) is 5.78 Å². The molecule has 2 fully saturated rings. The van der Waals surface area contributed by atoms with Crippen LogP contribution in [0.2, 0.25) is 10.0 Å². The number of carbonyl (C=O) groups excluding carboxylic acids is 2. The third kappa shape index (κ3) is 6.76. The van der Waals surface area contributed by atoms with Crippen molar-refractivity contribution in [1.82, 2.24) is 19.7 Å². The largest absolute Gasteiger partial charge is 0.495 e. The summed E-state index contributed by atoms with van der Waals surface area (Å²) >= 11 is 12.3. The Morgan fingerprint density at radius 1 is 1.05 bits per heavy atom. The highest BCUT2D eigenvalue weighted by Gasteiger charge is 2.39. The number of nitrogens with zero attached hydrogens (tertiary/aromatic N) is 3. The lowest BCUT2D eigenvalue weighted by molar-refractivity contribution is 0.0588. The van der Waals surface area contributed by atoms with E-state index in [0.717, 1.165) is 68.5 Å². The number of ketones is 1. The first-order valence-corrected chi connectivity index (χ1v) is 16.3. The number of aryl methyl sites for hydroxylation is 1. The van der Waals surface area contributed by atoms with Gasteiger partial charge in [0.25, 0.3) is 5.91 Å². The molecule has 2 bridgehead atoms. The summed E-state index contributed by atoms with van der Waals surface area (Å²) in [6, 6.07) is 11.8. The number of allylic oxidation sites excluding steroid dienone is 3. The number of hydrogen-bond donors (Lipinski definition) is 1. The third-order valence-corrected chi connectivity index (χ3v) is 9.68. The number of rotatable bonds is 11. The Hall–Kier alpha value is -3.10. The number of aromatic nitrogens is 1. The zero-order valence-electron chi connectivity index (χ0n) is 25.4. The second-order valence-corrected chi connectivity index (χ2v) is 13.2. The number of para-hydroxylation sites is 1. The summed E-state index contributed by atoms with van der Waals surface area (Å²) < 4.78 is 7.91. The van der Waals surface area contributed by atoms with Gasteiger partial charge in [0, 0.05) is 72.0 Å². The van der Waals surface area contributed by atoms with Gasteiger partial charge in [-0.25, -0.2) is 0 Å². The number of carbonyl (C=O) groups is 2. The molecule has 2 aliphatic heterocycles. The first-order valence-electron chi connectivity index (χ1n) is 15.6. The number of ether oxygens (including phenoxy) is 1. The van der Waals surface area contributed by atoms with Crippen LogP contribution in [0.25, 0.3) is 10.9 Å². The zero-order valence-corrected chi connectivity index (χ0v) is 26.9. The lowest BCUT2D eigenvalue weighted by Gasteiger charge is -2.41. The molecule has 1 aromatic heterocycles. The van der Waals surface area contributed by atoms with E-state index < -0.39 is 0 Å². The van der Waals surface area contributed by atoms with E-state index in [2.05, 4.69) is 44.8 Å². The molecule has 6 rings (SSSR count). The fourth-order valence-corrected chi connectivity index (χ4v) is 7.76. The molecule has 9 heteroatoms.